The first-order valence-electron chi connectivity index (χ1n) is 3.57. The Labute approximate surface area is 83.3 Å². The Balaban J connectivity index is 3.51. The van der Waals surface area contributed by atoms with Gasteiger partial charge < -0.3 is 5.73 Å². The molecule has 0 aliphatic rings. The fourth-order valence-electron chi connectivity index (χ4n) is 1.02. The molecule has 0 amide bonds. The van der Waals surface area contributed by atoms with Crippen LogP contribution in [0.3, 0.4) is 0 Å². The highest BCUT2D eigenvalue weighted by Gasteiger charge is 2.35. The summed E-state index contributed by atoms with van der Waals surface area (Å²) in [5, 5.41) is 0. The van der Waals surface area contributed by atoms with Gasteiger partial charge in [0.05, 0.1) is 11.3 Å². The number of anilines is 1. The first-order valence-corrected chi connectivity index (χ1v) is 5.01. The molecule has 1 aromatic carbocycles. The molecule has 0 aliphatic heterocycles. The van der Waals surface area contributed by atoms with Gasteiger partial charge in [0.15, 0.2) is 0 Å². The summed E-state index contributed by atoms with van der Waals surface area (Å²) in [4.78, 5) is -0.947. The summed E-state index contributed by atoms with van der Waals surface area (Å²) in [5.41, 5.74) is 2.70. The summed E-state index contributed by atoms with van der Waals surface area (Å²) >= 11 is 0. The molecule has 0 aliphatic carbocycles. The van der Waals surface area contributed by atoms with Gasteiger partial charge in [-0.1, -0.05) is 6.07 Å². The second kappa shape index (κ2) is 3.38. The van der Waals surface area contributed by atoms with E-state index in [1.54, 1.807) is 0 Å². The van der Waals surface area contributed by atoms with Gasteiger partial charge in [-0.05, 0) is 12.1 Å². The van der Waals surface area contributed by atoms with E-state index in [1.165, 1.54) is 0 Å². The standard InChI is InChI=1S/C7H6F3NO3S/c8-7(9,10)4-2-1-3-5(6(4)11)15(12,13)14/h1-3H,11H2,(H,12,13,14). The molecule has 0 spiro atoms. The van der Waals surface area contributed by atoms with Crippen molar-refractivity contribution in [3.8, 4) is 0 Å². The zero-order chi connectivity index (χ0) is 11.9. The lowest BCUT2D eigenvalue weighted by Gasteiger charge is -2.11. The van der Waals surface area contributed by atoms with Gasteiger partial charge in [0.25, 0.3) is 10.1 Å². The normalized spacial score (nSPS) is 12.8. The van der Waals surface area contributed by atoms with Crippen LogP contribution >= 0.6 is 0 Å². The third kappa shape index (κ3) is 2.39. The van der Waals surface area contributed by atoms with Crippen LogP contribution in [0.1, 0.15) is 5.56 Å². The van der Waals surface area contributed by atoms with Crippen molar-refractivity contribution in [1.29, 1.82) is 0 Å². The molecule has 0 fully saturated rings. The SMILES string of the molecule is Nc1c(C(F)(F)F)cccc1S(=O)(=O)O. The van der Waals surface area contributed by atoms with Crippen LogP contribution in [0.2, 0.25) is 0 Å². The predicted octanol–water partition coefficient (Wildman–Crippen LogP) is 1.53. The Morgan fingerprint density at radius 3 is 2.20 bits per heavy atom. The monoisotopic (exact) mass is 241 g/mol. The quantitative estimate of drug-likeness (QED) is 0.577. The Bertz CT molecular complexity index is 481. The molecule has 1 aromatic rings. The van der Waals surface area contributed by atoms with E-state index in [9.17, 15) is 21.6 Å². The maximum atomic E-state index is 12.3. The van der Waals surface area contributed by atoms with E-state index in [1.807, 2.05) is 0 Å². The van der Waals surface area contributed by atoms with Crippen molar-refractivity contribution < 1.29 is 26.1 Å². The van der Waals surface area contributed by atoms with E-state index in [-0.39, 0.29) is 0 Å². The van der Waals surface area contributed by atoms with Crippen LogP contribution in [-0.2, 0) is 16.3 Å². The van der Waals surface area contributed by atoms with Crippen LogP contribution in [0, 0.1) is 0 Å². The highest BCUT2D eigenvalue weighted by molar-refractivity contribution is 7.86. The van der Waals surface area contributed by atoms with Gasteiger partial charge in [-0.3, -0.25) is 4.55 Å². The number of para-hydroxylation sites is 1. The van der Waals surface area contributed by atoms with Gasteiger partial charge in [0, 0.05) is 0 Å². The molecule has 0 unspecified atom stereocenters. The van der Waals surface area contributed by atoms with Crippen molar-refractivity contribution in [1.82, 2.24) is 0 Å². The first kappa shape index (κ1) is 11.8. The van der Waals surface area contributed by atoms with Crippen molar-refractivity contribution in [2.75, 3.05) is 5.73 Å². The Morgan fingerprint density at radius 2 is 1.80 bits per heavy atom. The minimum atomic E-state index is -4.76. The molecule has 0 saturated heterocycles. The second-order valence-corrected chi connectivity index (χ2v) is 4.08. The molecule has 1 rings (SSSR count). The van der Waals surface area contributed by atoms with E-state index in [2.05, 4.69) is 0 Å². The summed E-state index contributed by atoms with van der Waals surface area (Å²) in [6.07, 6.45) is -4.76. The fraction of sp³-hybridized carbons (Fsp3) is 0.143. The molecule has 3 N–H and O–H groups in total. The maximum Gasteiger partial charge on any atom is 0.418 e. The molecule has 84 valence electrons. The van der Waals surface area contributed by atoms with E-state index in [4.69, 9.17) is 10.3 Å². The molecule has 0 heterocycles. The minimum Gasteiger partial charge on any atom is -0.397 e. The number of nitrogens with two attached hydrogens (primary N) is 1. The number of benzene rings is 1. The van der Waals surface area contributed by atoms with Gasteiger partial charge >= 0.3 is 6.18 Å². The lowest BCUT2D eigenvalue weighted by Crippen LogP contribution is -2.12. The van der Waals surface area contributed by atoms with E-state index in [0.29, 0.717) is 6.07 Å². The third-order valence-electron chi connectivity index (χ3n) is 1.65. The summed E-state index contributed by atoms with van der Waals surface area (Å²) < 4.78 is 66.6. The summed E-state index contributed by atoms with van der Waals surface area (Å²) in [6, 6.07) is 2.27. The molecule has 0 saturated carbocycles. The third-order valence-corrected chi connectivity index (χ3v) is 2.56. The van der Waals surface area contributed by atoms with Crippen molar-refractivity contribution in [2.24, 2.45) is 0 Å². The van der Waals surface area contributed by atoms with Gasteiger partial charge in [-0.15, -0.1) is 0 Å². The number of hydrogen-bond donors (Lipinski definition) is 2. The minimum absolute atomic E-state index is 0.629. The highest BCUT2D eigenvalue weighted by atomic mass is 32.2. The molecular weight excluding hydrogens is 235 g/mol. The summed E-state index contributed by atoms with van der Waals surface area (Å²) in [5.74, 6) is 0. The molecule has 4 nitrogen and oxygen atoms in total. The second-order valence-electron chi connectivity index (χ2n) is 2.69. The average molecular weight is 241 g/mol. The van der Waals surface area contributed by atoms with Gasteiger partial charge in [-0.2, -0.15) is 21.6 Å². The van der Waals surface area contributed by atoms with Crippen molar-refractivity contribution in [2.45, 2.75) is 11.1 Å². The highest BCUT2D eigenvalue weighted by Crippen LogP contribution is 2.36. The van der Waals surface area contributed by atoms with Crippen LogP contribution in [0.5, 0.6) is 0 Å². The molecule has 0 aromatic heterocycles. The van der Waals surface area contributed by atoms with Crippen LogP contribution in [0.25, 0.3) is 0 Å². The topological polar surface area (TPSA) is 80.4 Å². The van der Waals surface area contributed by atoms with E-state index < -0.39 is 32.4 Å². The molecule has 15 heavy (non-hydrogen) atoms. The Hall–Kier alpha value is -1.28. The number of halogens is 3. The van der Waals surface area contributed by atoms with Crippen molar-refractivity contribution >= 4 is 15.8 Å². The summed E-state index contributed by atoms with van der Waals surface area (Å²) in [7, 11) is -4.74. The lowest BCUT2D eigenvalue weighted by atomic mass is 10.2. The van der Waals surface area contributed by atoms with Gasteiger partial charge in [0.2, 0.25) is 0 Å². The zero-order valence-electron chi connectivity index (χ0n) is 7.12. The molecule has 0 radical (unpaired) electrons. The number of alkyl halides is 3. The Morgan fingerprint density at radius 1 is 1.27 bits per heavy atom. The van der Waals surface area contributed by atoms with E-state index >= 15 is 0 Å². The largest absolute Gasteiger partial charge is 0.418 e. The number of rotatable bonds is 1. The molecule has 0 bridgehead atoms. The lowest BCUT2D eigenvalue weighted by molar-refractivity contribution is -0.137. The first-order chi connectivity index (χ1) is 6.64. The maximum absolute atomic E-state index is 12.3. The number of hydrogen-bond acceptors (Lipinski definition) is 3. The van der Waals surface area contributed by atoms with Crippen LogP contribution in [0.15, 0.2) is 23.1 Å². The number of nitrogen functional groups attached to an aromatic ring is 1. The van der Waals surface area contributed by atoms with Crippen LogP contribution < -0.4 is 5.73 Å². The van der Waals surface area contributed by atoms with E-state index in [0.717, 1.165) is 12.1 Å². The molecular formula is C7H6F3NO3S. The van der Waals surface area contributed by atoms with Gasteiger partial charge in [-0.25, -0.2) is 0 Å². The average Bonchev–Trinajstić information content (AvgIpc) is 1.99. The summed E-state index contributed by atoms with van der Waals surface area (Å²) in [6.45, 7) is 0. The fourth-order valence-corrected chi connectivity index (χ4v) is 1.65. The Kier molecular flexibility index (Phi) is 2.66. The van der Waals surface area contributed by atoms with Crippen molar-refractivity contribution in [3.05, 3.63) is 23.8 Å². The predicted molar refractivity (Wildman–Crippen MR) is 45.7 cm³/mol. The van der Waals surface area contributed by atoms with Crippen molar-refractivity contribution in [3.63, 3.8) is 0 Å². The van der Waals surface area contributed by atoms with Crippen LogP contribution in [0.4, 0.5) is 18.9 Å². The van der Waals surface area contributed by atoms with Crippen LogP contribution in [-0.4, -0.2) is 13.0 Å². The van der Waals surface area contributed by atoms with Gasteiger partial charge in [0.1, 0.15) is 4.90 Å². The zero-order valence-corrected chi connectivity index (χ0v) is 7.93. The molecule has 8 heteroatoms. The molecule has 0 atom stereocenters. The smallest absolute Gasteiger partial charge is 0.397 e.